The molecule has 2 rings (SSSR count). The van der Waals surface area contributed by atoms with Crippen molar-refractivity contribution in [3.63, 3.8) is 0 Å². The van der Waals surface area contributed by atoms with E-state index in [1.807, 2.05) is 12.1 Å². The molecule has 0 fully saturated rings. The highest BCUT2D eigenvalue weighted by molar-refractivity contribution is 7.80. The molecule has 0 spiro atoms. The minimum atomic E-state index is 0.229. The Labute approximate surface area is 135 Å². The second kappa shape index (κ2) is 7.56. The zero-order valence-electron chi connectivity index (χ0n) is 12.6. The Morgan fingerprint density at radius 2 is 1.73 bits per heavy atom. The molecule has 2 aromatic rings. The number of phenols is 1. The lowest BCUT2D eigenvalue weighted by Gasteiger charge is -2.09. The van der Waals surface area contributed by atoms with Crippen molar-refractivity contribution in [2.45, 2.75) is 19.8 Å². The predicted molar refractivity (Wildman–Crippen MR) is 95.6 cm³/mol. The van der Waals surface area contributed by atoms with Crippen LogP contribution >= 0.6 is 12.2 Å². The van der Waals surface area contributed by atoms with Gasteiger partial charge in [-0.3, -0.25) is 5.43 Å². The van der Waals surface area contributed by atoms with E-state index < -0.39 is 0 Å². The summed E-state index contributed by atoms with van der Waals surface area (Å²) in [5.74, 6) is 0.737. The largest absolute Gasteiger partial charge is 0.508 e. The molecule has 4 nitrogen and oxygen atoms in total. The fourth-order valence-electron chi connectivity index (χ4n) is 1.84. The van der Waals surface area contributed by atoms with Gasteiger partial charge in [0.25, 0.3) is 0 Å². The topological polar surface area (TPSA) is 56.7 Å². The Morgan fingerprint density at radius 3 is 2.32 bits per heavy atom. The van der Waals surface area contributed by atoms with Crippen molar-refractivity contribution < 1.29 is 5.11 Å². The normalized spacial score (nSPS) is 10.9. The smallest absolute Gasteiger partial charge is 0.191 e. The summed E-state index contributed by atoms with van der Waals surface area (Å²) in [4.78, 5) is 0. The molecule has 0 atom stereocenters. The Bertz CT molecular complexity index is 649. The molecule has 2 aromatic carbocycles. The number of hydrogen-bond donors (Lipinski definition) is 3. The molecule has 3 N–H and O–H groups in total. The summed E-state index contributed by atoms with van der Waals surface area (Å²) in [6.07, 6.45) is 1.63. The van der Waals surface area contributed by atoms with Crippen molar-refractivity contribution in [3.05, 3.63) is 59.7 Å². The van der Waals surface area contributed by atoms with Crippen LogP contribution in [0.3, 0.4) is 0 Å². The number of hydrogen-bond acceptors (Lipinski definition) is 3. The van der Waals surface area contributed by atoms with E-state index in [4.69, 9.17) is 12.2 Å². The van der Waals surface area contributed by atoms with Crippen LogP contribution in [0, 0.1) is 0 Å². The summed E-state index contributed by atoms with van der Waals surface area (Å²) in [5, 5.41) is 16.7. The Morgan fingerprint density at radius 1 is 1.09 bits per heavy atom. The minimum absolute atomic E-state index is 0.229. The highest BCUT2D eigenvalue weighted by Gasteiger charge is 2.00. The van der Waals surface area contributed by atoms with Crippen LogP contribution in [-0.2, 0) is 0 Å². The van der Waals surface area contributed by atoms with E-state index in [0.29, 0.717) is 11.0 Å². The average molecular weight is 313 g/mol. The van der Waals surface area contributed by atoms with Gasteiger partial charge in [-0.25, -0.2) is 0 Å². The highest BCUT2D eigenvalue weighted by atomic mass is 32.1. The molecule has 0 aromatic heterocycles. The maximum Gasteiger partial charge on any atom is 0.191 e. The SMILES string of the molecule is CC(C)c1ccc(NC(=S)N/N=C/c2ccc(O)cc2)cc1. The number of rotatable bonds is 4. The maximum absolute atomic E-state index is 9.20. The van der Waals surface area contributed by atoms with Crippen LogP contribution in [0.1, 0.15) is 30.9 Å². The molecule has 0 aliphatic heterocycles. The van der Waals surface area contributed by atoms with Crippen LogP contribution in [0.4, 0.5) is 5.69 Å². The molecule has 0 saturated carbocycles. The Kier molecular flexibility index (Phi) is 5.49. The zero-order valence-corrected chi connectivity index (χ0v) is 13.4. The van der Waals surface area contributed by atoms with Gasteiger partial charge in [-0.15, -0.1) is 0 Å². The second-order valence-electron chi connectivity index (χ2n) is 5.19. The van der Waals surface area contributed by atoms with E-state index in [0.717, 1.165) is 11.3 Å². The molecular formula is C17H19N3OS. The van der Waals surface area contributed by atoms with E-state index in [-0.39, 0.29) is 5.75 Å². The summed E-state index contributed by atoms with van der Waals surface area (Å²) < 4.78 is 0. The fraction of sp³-hybridized carbons (Fsp3) is 0.176. The lowest BCUT2D eigenvalue weighted by molar-refractivity contribution is 0.475. The summed E-state index contributed by atoms with van der Waals surface area (Å²) in [5.41, 5.74) is 5.83. The third kappa shape index (κ3) is 4.86. The third-order valence-corrected chi connectivity index (χ3v) is 3.30. The minimum Gasteiger partial charge on any atom is -0.508 e. The molecule has 22 heavy (non-hydrogen) atoms. The molecule has 5 heteroatoms. The Balaban J connectivity index is 1.86. The van der Waals surface area contributed by atoms with Crippen molar-refractivity contribution in [2.75, 3.05) is 5.32 Å². The van der Waals surface area contributed by atoms with Gasteiger partial charge in [0, 0.05) is 5.69 Å². The van der Waals surface area contributed by atoms with E-state index in [1.54, 1.807) is 30.5 Å². The van der Waals surface area contributed by atoms with Crippen molar-refractivity contribution in [1.82, 2.24) is 5.43 Å². The van der Waals surface area contributed by atoms with Gasteiger partial charge in [0.2, 0.25) is 0 Å². The third-order valence-electron chi connectivity index (χ3n) is 3.11. The number of nitrogens with zero attached hydrogens (tertiary/aromatic N) is 1. The van der Waals surface area contributed by atoms with Gasteiger partial charge >= 0.3 is 0 Å². The average Bonchev–Trinajstić information content (AvgIpc) is 2.50. The molecule has 0 unspecified atom stereocenters. The van der Waals surface area contributed by atoms with Gasteiger partial charge in [0.1, 0.15) is 5.75 Å². The standard InChI is InChI=1S/C17H19N3OS/c1-12(2)14-5-7-15(8-6-14)19-17(22)20-18-11-13-3-9-16(21)10-4-13/h3-12,21H,1-2H3,(H2,19,20,22)/b18-11+. The van der Waals surface area contributed by atoms with Gasteiger partial charge < -0.3 is 10.4 Å². The number of anilines is 1. The van der Waals surface area contributed by atoms with Gasteiger partial charge in [0.15, 0.2) is 5.11 Å². The zero-order chi connectivity index (χ0) is 15.9. The van der Waals surface area contributed by atoms with Crippen LogP contribution in [0.5, 0.6) is 5.75 Å². The van der Waals surface area contributed by atoms with E-state index in [1.165, 1.54) is 5.56 Å². The molecule has 114 valence electrons. The van der Waals surface area contributed by atoms with Gasteiger partial charge in [-0.2, -0.15) is 5.10 Å². The molecule has 0 amide bonds. The first-order valence-corrected chi connectivity index (χ1v) is 7.44. The van der Waals surface area contributed by atoms with Crippen molar-refractivity contribution in [2.24, 2.45) is 5.10 Å². The number of benzene rings is 2. The first-order chi connectivity index (χ1) is 10.5. The molecule has 0 saturated heterocycles. The van der Waals surface area contributed by atoms with Gasteiger partial charge in [-0.1, -0.05) is 26.0 Å². The lowest BCUT2D eigenvalue weighted by Crippen LogP contribution is -2.23. The first kappa shape index (κ1) is 16.0. The van der Waals surface area contributed by atoms with Crippen LogP contribution < -0.4 is 10.7 Å². The second-order valence-corrected chi connectivity index (χ2v) is 5.60. The number of phenolic OH excluding ortho intramolecular Hbond substituents is 1. The molecule has 0 aliphatic carbocycles. The summed E-state index contributed by atoms with van der Waals surface area (Å²) in [7, 11) is 0. The molecule has 0 bridgehead atoms. The molecular weight excluding hydrogens is 294 g/mol. The Hall–Kier alpha value is -2.40. The van der Waals surface area contributed by atoms with E-state index in [2.05, 4.69) is 41.8 Å². The first-order valence-electron chi connectivity index (χ1n) is 7.03. The summed E-state index contributed by atoms with van der Waals surface area (Å²) >= 11 is 5.18. The van der Waals surface area contributed by atoms with E-state index >= 15 is 0 Å². The quantitative estimate of drug-likeness (QED) is 0.456. The van der Waals surface area contributed by atoms with Crippen LogP contribution in [0.2, 0.25) is 0 Å². The fourth-order valence-corrected chi connectivity index (χ4v) is 2.01. The molecule has 0 radical (unpaired) electrons. The number of hydrazone groups is 1. The lowest BCUT2D eigenvalue weighted by atomic mass is 10.0. The van der Waals surface area contributed by atoms with Gasteiger partial charge in [-0.05, 0) is 65.7 Å². The van der Waals surface area contributed by atoms with Crippen LogP contribution in [0.15, 0.2) is 53.6 Å². The highest BCUT2D eigenvalue weighted by Crippen LogP contribution is 2.17. The summed E-state index contributed by atoms with van der Waals surface area (Å²) in [6.45, 7) is 4.32. The van der Waals surface area contributed by atoms with Gasteiger partial charge in [0.05, 0.1) is 6.21 Å². The predicted octanol–water partition coefficient (Wildman–Crippen LogP) is 3.84. The monoisotopic (exact) mass is 313 g/mol. The van der Waals surface area contributed by atoms with Crippen molar-refractivity contribution in [3.8, 4) is 5.75 Å². The van der Waals surface area contributed by atoms with Crippen molar-refractivity contribution in [1.29, 1.82) is 0 Å². The number of nitrogens with one attached hydrogen (secondary N) is 2. The van der Waals surface area contributed by atoms with E-state index in [9.17, 15) is 5.11 Å². The summed E-state index contributed by atoms with van der Waals surface area (Å²) in [6, 6.07) is 14.9. The van der Waals surface area contributed by atoms with Crippen LogP contribution in [-0.4, -0.2) is 16.4 Å². The number of thiocarbonyl (C=S) groups is 1. The molecule has 0 aliphatic rings. The van der Waals surface area contributed by atoms with Crippen LogP contribution in [0.25, 0.3) is 0 Å². The van der Waals surface area contributed by atoms with Crippen molar-refractivity contribution >= 4 is 29.2 Å². The maximum atomic E-state index is 9.20. The number of aromatic hydroxyl groups is 1. The molecule has 0 heterocycles.